The van der Waals surface area contributed by atoms with E-state index in [-0.39, 0.29) is 5.82 Å². The molecule has 0 N–H and O–H groups in total. The van der Waals surface area contributed by atoms with Crippen molar-refractivity contribution < 1.29 is 4.39 Å². The van der Waals surface area contributed by atoms with Crippen LogP contribution < -0.4 is 0 Å². The van der Waals surface area contributed by atoms with Gasteiger partial charge < -0.3 is 0 Å². The maximum absolute atomic E-state index is 13.1. The van der Waals surface area contributed by atoms with Crippen molar-refractivity contribution in [3.63, 3.8) is 0 Å². The van der Waals surface area contributed by atoms with Crippen molar-refractivity contribution in [2.24, 2.45) is 23.7 Å². The Kier molecular flexibility index (Phi) is 6.50. The molecule has 2 aliphatic carbocycles. The predicted molar refractivity (Wildman–Crippen MR) is 117 cm³/mol. The molecule has 4 rings (SSSR count). The Morgan fingerprint density at radius 2 is 1.18 bits per heavy atom. The Balaban J connectivity index is 1.22. The number of halogens is 1. The Morgan fingerprint density at radius 1 is 0.679 bits per heavy atom. The fourth-order valence-corrected chi connectivity index (χ4v) is 5.58. The molecule has 0 saturated heterocycles. The summed E-state index contributed by atoms with van der Waals surface area (Å²) in [5, 5.41) is 0. The second-order valence-electron chi connectivity index (χ2n) is 9.54. The van der Waals surface area contributed by atoms with E-state index in [4.69, 9.17) is 0 Å². The Hall–Kier alpha value is -1.63. The van der Waals surface area contributed by atoms with Gasteiger partial charge in [-0.3, -0.25) is 0 Å². The van der Waals surface area contributed by atoms with Gasteiger partial charge in [-0.15, -0.1) is 0 Å². The first-order valence-electron chi connectivity index (χ1n) is 11.5. The first kappa shape index (κ1) is 19.7. The molecular formula is C27H35F. The minimum absolute atomic E-state index is 0.173. The molecule has 28 heavy (non-hydrogen) atoms. The summed E-state index contributed by atoms with van der Waals surface area (Å²) in [6.45, 7) is 2.43. The van der Waals surface area contributed by atoms with Gasteiger partial charge in [0.15, 0.2) is 0 Å². The maximum Gasteiger partial charge on any atom is 0.123 e. The van der Waals surface area contributed by atoms with Crippen LogP contribution in [0.25, 0.3) is 11.1 Å². The molecule has 1 heteroatoms. The van der Waals surface area contributed by atoms with Crippen molar-refractivity contribution in [1.82, 2.24) is 0 Å². The minimum atomic E-state index is -0.173. The van der Waals surface area contributed by atoms with Gasteiger partial charge in [-0.1, -0.05) is 69.0 Å². The van der Waals surface area contributed by atoms with Crippen LogP contribution in [0.3, 0.4) is 0 Å². The second kappa shape index (κ2) is 9.25. The fourth-order valence-electron chi connectivity index (χ4n) is 5.58. The molecule has 0 nitrogen and oxygen atoms in total. The van der Waals surface area contributed by atoms with Gasteiger partial charge in [-0.05, 0) is 91.0 Å². The minimum Gasteiger partial charge on any atom is -0.207 e. The van der Waals surface area contributed by atoms with Gasteiger partial charge in [-0.25, -0.2) is 4.39 Å². The van der Waals surface area contributed by atoms with Crippen LogP contribution in [0.5, 0.6) is 0 Å². The average molecular weight is 379 g/mol. The van der Waals surface area contributed by atoms with Gasteiger partial charge in [0.25, 0.3) is 0 Å². The lowest BCUT2D eigenvalue weighted by Gasteiger charge is -2.37. The molecule has 0 heterocycles. The summed E-state index contributed by atoms with van der Waals surface area (Å²) < 4.78 is 13.1. The van der Waals surface area contributed by atoms with Gasteiger partial charge in [0.05, 0.1) is 0 Å². The summed E-state index contributed by atoms with van der Waals surface area (Å²) in [6, 6.07) is 15.7. The summed E-state index contributed by atoms with van der Waals surface area (Å²) in [5.41, 5.74) is 3.70. The van der Waals surface area contributed by atoms with Crippen LogP contribution in [0.15, 0.2) is 48.5 Å². The first-order valence-corrected chi connectivity index (χ1v) is 11.5. The zero-order valence-corrected chi connectivity index (χ0v) is 17.4. The molecule has 2 aromatic carbocycles. The molecule has 0 aliphatic heterocycles. The quantitative estimate of drug-likeness (QED) is 0.493. The maximum atomic E-state index is 13.1. The second-order valence-corrected chi connectivity index (χ2v) is 9.54. The van der Waals surface area contributed by atoms with Crippen LogP contribution in [0.1, 0.15) is 70.3 Å². The Bertz CT molecular complexity index is 714. The molecule has 2 aliphatic rings. The van der Waals surface area contributed by atoms with Crippen LogP contribution in [-0.4, -0.2) is 0 Å². The average Bonchev–Trinajstić information content (AvgIpc) is 2.74. The van der Waals surface area contributed by atoms with Crippen LogP contribution in [0.4, 0.5) is 4.39 Å². The zero-order valence-electron chi connectivity index (χ0n) is 17.4. The fraction of sp³-hybridized carbons (Fsp3) is 0.556. The largest absolute Gasteiger partial charge is 0.207 e. The first-order chi connectivity index (χ1) is 13.7. The van der Waals surface area contributed by atoms with Crippen molar-refractivity contribution >= 4 is 0 Å². The van der Waals surface area contributed by atoms with E-state index in [0.29, 0.717) is 0 Å². The molecule has 0 spiro atoms. The number of hydrogen-bond donors (Lipinski definition) is 0. The molecule has 2 aromatic rings. The third kappa shape index (κ3) is 5.04. The van der Waals surface area contributed by atoms with E-state index in [1.807, 2.05) is 12.1 Å². The van der Waals surface area contributed by atoms with Gasteiger partial charge in [-0.2, -0.15) is 0 Å². The van der Waals surface area contributed by atoms with Crippen molar-refractivity contribution in [3.8, 4) is 11.1 Å². The van der Waals surface area contributed by atoms with E-state index >= 15 is 0 Å². The highest BCUT2D eigenvalue weighted by Crippen LogP contribution is 2.42. The lowest BCUT2D eigenvalue weighted by molar-refractivity contribution is 0.148. The molecular weight excluding hydrogens is 343 g/mol. The van der Waals surface area contributed by atoms with Gasteiger partial charge in [0.1, 0.15) is 5.82 Å². The zero-order chi connectivity index (χ0) is 19.3. The predicted octanol–water partition coefficient (Wildman–Crippen LogP) is 8.06. The highest BCUT2D eigenvalue weighted by Gasteiger charge is 2.29. The van der Waals surface area contributed by atoms with Crippen molar-refractivity contribution in [1.29, 1.82) is 0 Å². The summed E-state index contributed by atoms with van der Waals surface area (Å²) in [6.07, 6.45) is 14.3. The smallest absolute Gasteiger partial charge is 0.123 e. The number of hydrogen-bond acceptors (Lipinski definition) is 0. The molecule has 0 aromatic heterocycles. The molecule has 0 atom stereocenters. The van der Waals surface area contributed by atoms with Gasteiger partial charge >= 0.3 is 0 Å². The third-order valence-corrected chi connectivity index (χ3v) is 7.59. The third-order valence-electron chi connectivity index (χ3n) is 7.59. The van der Waals surface area contributed by atoms with Gasteiger partial charge in [0.2, 0.25) is 0 Å². The highest BCUT2D eigenvalue weighted by atomic mass is 19.1. The Labute approximate surface area is 170 Å². The van der Waals surface area contributed by atoms with E-state index < -0.39 is 0 Å². The summed E-state index contributed by atoms with van der Waals surface area (Å²) in [7, 11) is 0. The monoisotopic (exact) mass is 378 g/mol. The van der Waals surface area contributed by atoms with E-state index in [9.17, 15) is 4.39 Å². The van der Waals surface area contributed by atoms with Crippen LogP contribution >= 0.6 is 0 Å². The molecule has 150 valence electrons. The number of rotatable bonds is 5. The van der Waals surface area contributed by atoms with Crippen molar-refractivity contribution in [3.05, 3.63) is 59.9 Å². The molecule has 0 amide bonds. The molecule has 2 fully saturated rings. The van der Waals surface area contributed by atoms with Crippen molar-refractivity contribution in [2.75, 3.05) is 0 Å². The lowest BCUT2D eigenvalue weighted by atomic mass is 9.69. The van der Waals surface area contributed by atoms with E-state index in [2.05, 4.69) is 31.2 Å². The van der Waals surface area contributed by atoms with E-state index in [1.165, 1.54) is 87.5 Å². The number of aryl methyl sites for hydroxylation is 1. The van der Waals surface area contributed by atoms with Crippen LogP contribution in [0.2, 0.25) is 0 Å². The van der Waals surface area contributed by atoms with E-state index in [1.54, 1.807) is 0 Å². The van der Waals surface area contributed by atoms with Crippen LogP contribution in [0, 0.1) is 29.5 Å². The number of benzene rings is 2. The normalized spacial score (nSPS) is 28.2. The SMILES string of the molecule is CC1CCC(C2CCC(CCc3ccc(-c4ccc(F)cc4)cc3)CC2)CC1. The van der Waals surface area contributed by atoms with Gasteiger partial charge in [0, 0.05) is 0 Å². The highest BCUT2D eigenvalue weighted by molar-refractivity contribution is 5.63. The molecule has 0 radical (unpaired) electrons. The molecule has 0 bridgehead atoms. The molecule has 0 unspecified atom stereocenters. The van der Waals surface area contributed by atoms with E-state index in [0.717, 1.165) is 29.2 Å². The standard InChI is InChI=1S/C27H35F/c1-20-2-10-23(11-3-20)24-12-6-21(7-13-24)4-5-22-8-14-25(15-9-22)26-16-18-27(28)19-17-26/h8-9,14-21,23-24H,2-7,10-13H2,1H3. The Morgan fingerprint density at radius 3 is 1.75 bits per heavy atom. The lowest BCUT2D eigenvalue weighted by Crippen LogP contribution is -2.25. The van der Waals surface area contributed by atoms with Crippen LogP contribution in [-0.2, 0) is 6.42 Å². The topological polar surface area (TPSA) is 0 Å². The van der Waals surface area contributed by atoms with Crippen molar-refractivity contribution in [2.45, 2.75) is 71.1 Å². The summed E-state index contributed by atoms with van der Waals surface area (Å²) >= 11 is 0. The summed E-state index contributed by atoms with van der Waals surface area (Å²) in [5.74, 6) is 3.79. The molecule has 2 saturated carbocycles. The summed E-state index contributed by atoms with van der Waals surface area (Å²) in [4.78, 5) is 0.